The van der Waals surface area contributed by atoms with Gasteiger partial charge in [0.2, 0.25) is 10.0 Å². The Hall–Kier alpha value is -1.45. The van der Waals surface area contributed by atoms with Crippen LogP contribution in [0.15, 0.2) is 23.1 Å². The van der Waals surface area contributed by atoms with Gasteiger partial charge in [-0.1, -0.05) is 11.6 Å². The molecule has 0 atom stereocenters. The summed E-state index contributed by atoms with van der Waals surface area (Å²) in [5, 5.41) is 8.03. The molecule has 0 saturated heterocycles. The summed E-state index contributed by atoms with van der Waals surface area (Å²) in [4.78, 5) is 9.90. The normalized spacial score (nSPS) is 11.6. The van der Waals surface area contributed by atoms with Crippen LogP contribution in [0.3, 0.4) is 0 Å². The Labute approximate surface area is 112 Å². The smallest absolute Gasteiger partial charge is 0.387 e. The van der Waals surface area contributed by atoms with Gasteiger partial charge in [-0.05, 0) is 18.2 Å². The molecule has 0 saturated carbocycles. The van der Waals surface area contributed by atoms with Crippen LogP contribution in [0.5, 0.6) is 5.75 Å². The summed E-state index contributed by atoms with van der Waals surface area (Å²) in [7, 11) is -4.08. The van der Waals surface area contributed by atoms with Crippen LogP contribution in [0.1, 0.15) is 0 Å². The van der Waals surface area contributed by atoms with Crippen molar-refractivity contribution in [3.05, 3.63) is 23.2 Å². The van der Waals surface area contributed by atoms with Gasteiger partial charge in [-0.3, -0.25) is 4.79 Å². The summed E-state index contributed by atoms with van der Waals surface area (Å²) < 4.78 is 53.0. The number of carboxylic acids is 1. The van der Waals surface area contributed by atoms with Crippen molar-refractivity contribution in [2.45, 2.75) is 11.5 Å². The lowest BCUT2D eigenvalue weighted by molar-refractivity contribution is -0.135. The first-order valence-corrected chi connectivity index (χ1v) is 6.54. The number of sulfonamides is 1. The summed E-state index contributed by atoms with van der Waals surface area (Å²) >= 11 is 5.58. The maximum absolute atomic E-state index is 12.0. The summed E-state index contributed by atoms with van der Waals surface area (Å²) in [5.74, 6) is -1.75. The number of ether oxygens (including phenoxy) is 1. The van der Waals surface area contributed by atoms with Crippen molar-refractivity contribution in [3.63, 3.8) is 0 Å². The van der Waals surface area contributed by atoms with Gasteiger partial charge in [0.05, 0.1) is 9.92 Å². The second-order valence-corrected chi connectivity index (χ2v) is 5.36. The summed E-state index contributed by atoms with van der Waals surface area (Å²) in [6.45, 7) is -3.90. The second-order valence-electron chi connectivity index (χ2n) is 3.19. The quantitative estimate of drug-likeness (QED) is 0.825. The van der Waals surface area contributed by atoms with Crippen molar-refractivity contribution >= 4 is 27.6 Å². The van der Waals surface area contributed by atoms with E-state index in [0.717, 1.165) is 18.2 Å². The molecule has 0 amide bonds. The maximum Gasteiger partial charge on any atom is 0.387 e. The van der Waals surface area contributed by atoms with Gasteiger partial charge in [0, 0.05) is 0 Å². The molecule has 0 fully saturated rings. The van der Waals surface area contributed by atoms with Gasteiger partial charge in [0.1, 0.15) is 12.3 Å². The van der Waals surface area contributed by atoms with Crippen LogP contribution in [-0.2, 0) is 14.8 Å². The number of alkyl halides is 2. The number of nitrogens with one attached hydrogen (secondary N) is 1. The van der Waals surface area contributed by atoms with Crippen molar-refractivity contribution in [2.24, 2.45) is 0 Å². The molecular formula is C9H8ClF2NO5S. The molecule has 0 aliphatic heterocycles. The van der Waals surface area contributed by atoms with E-state index in [0.29, 0.717) is 0 Å². The lowest BCUT2D eigenvalue weighted by Crippen LogP contribution is -2.29. The van der Waals surface area contributed by atoms with E-state index in [9.17, 15) is 22.0 Å². The van der Waals surface area contributed by atoms with Crippen LogP contribution in [0.2, 0.25) is 5.02 Å². The monoisotopic (exact) mass is 315 g/mol. The third kappa shape index (κ3) is 4.62. The Kier molecular flexibility index (Phi) is 5.04. The molecule has 0 spiro atoms. The van der Waals surface area contributed by atoms with Crippen LogP contribution in [0.4, 0.5) is 8.78 Å². The van der Waals surface area contributed by atoms with E-state index in [4.69, 9.17) is 16.7 Å². The molecular weight excluding hydrogens is 308 g/mol. The summed E-state index contributed by atoms with van der Waals surface area (Å²) in [6, 6.07) is 2.79. The van der Waals surface area contributed by atoms with Gasteiger partial charge < -0.3 is 9.84 Å². The molecule has 6 nitrogen and oxygen atoms in total. The number of carbonyl (C=O) groups is 1. The van der Waals surface area contributed by atoms with Crippen LogP contribution in [0.25, 0.3) is 0 Å². The number of hydrogen-bond donors (Lipinski definition) is 2. The number of carboxylic acid groups (broad SMARTS) is 1. The molecule has 10 heteroatoms. The highest BCUT2D eigenvalue weighted by molar-refractivity contribution is 7.89. The Morgan fingerprint density at radius 3 is 2.58 bits per heavy atom. The number of benzene rings is 1. The maximum atomic E-state index is 12.0. The van der Waals surface area contributed by atoms with E-state index in [1.807, 2.05) is 0 Å². The molecule has 0 aliphatic carbocycles. The van der Waals surface area contributed by atoms with E-state index in [1.54, 1.807) is 4.72 Å². The number of aliphatic carboxylic acids is 1. The fraction of sp³-hybridized carbons (Fsp3) is 0.222. The third-order valence-electron chi connectivity index (χ3n) is 1.84. The van der Waals surface area contributed by atoms with E-state index in [2.05, 4.69) is 4.74 Å². The first-order valence-electron chi connectivity index (χ1n) is 4.68. The molecule has 1 rings (SSSR count). The summed E-state index contributed by atoms with van der Waals surface area (Å²) in [5.41, 5.74) is 0. The molecule has 1 aromatic carbocycles. The van der Waals surface area contributed by atoms with E-state index >= 15 is 0 Å². The lowest BCUT2D eigenvalue weighted by atomic mass is 10.3. The van der Waals surface area contributed by atoms with Gasteiger partial charge in [-0.15, -0.1) is 0 Å². The Bertz CT molecular complexity index is 578. The standard InChI is InChI=1S/C9H8ClF2NO5S/c10-6-3-5(1-2-7(6)18-9(11)12)19(16,17)13-4-8(14)15/h1-3,9,13H,4H2,(H,14,15). The molecule has 2 N–H and O–H groups in total. The molecule has 0 unspecified atom stereocenters. The highest BCUT2D eigenvalue weighted by Crippen LogP contribution is 2.28. The predicted molar refractivity (Wildman–Crippen MR) is 60.9 cm³/mol. The first-order chi connectivity index (χ1) is 8.72. The van der Waals surface area contributed by atoms with Crippen LogP contribution in [-0.4, -0.2) is 32.6 Å². The molecule has 106 valence electrons. The van der Waals surface area contributed by atoms with Crippen molar-refractivity contribution in [1.29, 1.82) is 0 Å². The Morgan fingerprint density at radius 1 is 1.47 bits per heavy atom. The molecule has 0 bridgehead atoms. The minimum absolute atomic E-state index is 0.335. The number of hydrogen-bond acceptors (Lipinski definition) is 4. The minimum Gasteiger partial charge on any atom is -0.480 e. The molecule has 19 heavy (non-hydrogen) atoms. The number of halogens is 3. The minimum atomic E-state index is -4.08. The first kappa shape index (κ1) is 15.6. The van der Waals surface area contributed by atoms with E-state index in [1.165, 1.54) is 0 Å². The average Bonchev–Trinajstić information content (AvgIpc) is 2.28. The fourth-order valence-corrected chi connectivity index (χ4v) is 2.37. The van der Waals surface area contributed by atoms with Gasteiger partial charge in [0.15, 0.2) is 0 Å². The largest absolute Gasteiger partial charge is 0.480 e. The van der Waals surface area contributed by atoms with Crippen LogP contribution < -0.4 is 9.46 Å². The van der Waals surface area contributed by atoms with Gasteiger partial charge in [-0.2, -0.15) is 13.5 Å². The van der Waals surface area contributed by atoms with Gasteiger partial charge in [0.25, 0.3) is 0 Å². The van der Waals surface area contributed by atoms with Gasteiger partial charge in [-0.25, -0.2) is 8.42 Å². The molecule has 0 radical (unpaired) electrons. The van der Waals surface area contributed by atoms with E-state index in [-0.39, 0.29) is 15.7 Å². The average molecular weight is 316 g/mol. The zero-order valence-corrected chi connectivity index (χ0v) is 10.7. The highest BCUT2D eigenvalue weighted by atomic mass is 35.5. The predicted octanol–water partition coefficient (Wildman–Crippen LogP) is 1.30. The van der Waals surface area contributed by atoms with Crippen molar-refractivity contribution in [2.75, 3.05) is 6.54 Å². The van der Waals surface area contributed by atoms with Crippen molar-refractivity contribution in [3.8, 4) is 5.75 Å². The molecule has 1 aromatic rings. The van der Waals surface area contributed by atoms with Crippen molar-refractivity contribution < 1.29 is 31.8 Å². The van der Waals surface area contributed by atoms with Crippen LogP contribution >= 0.6 is 11.6 Å². The lowest BCUT2D eigenvalue weighted by Gasteiger charge is -2.09. The Balaban J connectivity index is 2.97. The van der Waals surface area contributed by atoms with Crippen LogP contribution in [0, 0.1) is 0 Å². The van der Waals surface area contributed by atoms with Crippen molar-refractivity contribution in [1.82, 2.24) is 4.72 Å². The molecule has 0 heterocycles. The molecule has 0 aromatic heterocycles. The van der Waals surface area contributed by atoms with E-state index < -0.39 is 29.1 Å². The summed E-state index contributed by atoms with van der Waals surface area (Å²) in [6.07, 6.45) is 0. The zero-order chi connectivity index (χ0) is 14.6. The second kappa shape index (κ2) is 6.13. The highest BCUT2D eigenvalue weighted by Gasteiger charge is 2.18. The number of rotatable bonds is 6. The van der Waals surface area contributed by atoms with Gasteiger partial charge >= 0.3 is 12.6 Å². The molecule has 0 aliphatic rings. The SMILES string of the molecule is O=C(O)CNS(=O)(=O)c1ccc(OC(F)F)c(Cl)c1. The Morgan fingerprint density at radius 2 is 2.11 bits per heavy atom. The fourth-order valence-electron chi connectivity index (χ4n) is 1.08. The third-order valence-corrected chi connectivity index (χ3v) is 3.54. The topological polar surface area (TPSA) is 92.7 Å². The zero-order valence-electron chi connectivity index (χ0n) is 9.14.